The summed E-state index contributed by atoms with van der Waals surface area (Å²) < 4.78 is 8.40. The van der Waals surface area contributed by atoms with E-state index >= 15 is 0 Å². The van der Waals surface area contributed by atoms with Gasteiger partial charge in [0.25, 0.3) is 0 Å². The summed E-state index contributed by atoms with van der Waals surface area (Å²) in [7, 11) is 0. The van der Waals surface area contributed by atoms with Crippen molar-refractivity contribution in [2.45, 2.75) is 6.92 Å². The zero-order valence-corrected chi connectivity index (χ0v) is 5.49. The predicted molar refractivity (Wildman–Crippen MR) is 30.6 cm³/mol. The molecule has 5 heteroatoms. The molecule has 0 fully saturated rings. The van der Waals surface area contributed by atoms with Gasteiger partial charge in [-0.3, -0.25) is 4.79 Å². The fourth-order valence-electron chi connectivity index (χ4n) is 0.314. The Bertz CT molecular complexity index is 114. The van der Waals surface area contributed by atoms with Crippen LogP contribution in [0, 0.1) is 0 Å². The Morgan fingerprint density at radius 2 is 1.80 bits per heavy atom. The fourth-order valence-corrected chi connectivity index (χ4v) is 0.314. The molecule has 0 aromatic heterocycles. The molecule has 0 aromatic rings. The van der Waals surface area contributed by atoms with E-state index in [1.54, 1.807) is 0 Å². The molecule has 0 aliphatic heterocycles. The van der Waals surface area contributed by atoms with Gasteiger partial charge in [-0.25, -0.2) is 4.79 Å². The fraction of sp³-hybridized carbons (Fsp3) is 0.600. The molecule has 0 unspecified atom stereocenters. The van der Waals surface area contributed by atoms with Gasteiger partial charge in [0, 0.05) is 6.92 Å². The third-order valence-corrected chi connectivity index (χ3v) is 0.614. The minimum Gasteiger partial charge on any atom is -0.462 e. The Labute approximate surface area is 57.5 Å². The molecule has 0 aliphatic carbocycles. The third-order valence-electron chi connectivity index (χ3n) is 0.614. The lowest BCUT2D eigenvalue weighted by Gasteiger charge is -1.99. The van der Waals surface area contributed by atoms with Gasteiger partial charge in [0.05, 0.1) is 0 Å². The van der Waals surface area contributed by atoms with Gasteiger partial charge in [-0.2, -0.15) is 0 Å². The summed E-state index contributed by atoms with van der Waals surface area (Å²) in [5.74, 6) is -0.450. The lowest BCUT2D eigenvalue weighted by molar-refractivity contribution is -0.142. The second kappa shape index (κ2) is 4.60. The van der Waals surface area contributed by atoms with Crippen molar-refractivity contribution in [3.63, 3.8) is 0 Å². The summed E-state index contributed by atoms with van der Waals surface area (Å²) in [5, 5.41) is 7.92. The zero-order valence-electron chi connectivity index (χ0n) is 5.49. The maximum absolute atomic E-state index is 10.1. The van der Waals surface area contributed by atoms with Gasteiger partial charge in [-0.1, -0.05) is 0 Å². The molecule has 0 aliphatic rings. The van der Waals surface area contributed by atoms with Crippen LogP contribution in [0.2, 0.25) is 0 Å². The van der Waals surface area contributed by atoms with Gasteiger partial charge in [-0.15, -0.1) is 0 Å². The normalized spacial score (nSPS) is 8.50. The van der Waals surface area contributed by atoms with E-state index in [0.717, 1.165) is 0 Å². The monoisotopic (exact) mass is 148 g/mol. The maximum atomic E-state index is 10.1. The van der Waals surface area contributed by atoms with Crippen LogP contribution in [0.4, 0.5) is 4.79 Å². The molecule has 1 N–H and O–H groups in total. The average Bonchev–Trinajstić information content (AvgIpc) is 1.79. The van der Waals surface area contributed by atoms with Gasteiger partial charge >= 0.3 is 12.1 Å². The number of hydrogen-bond acceptors (Lipinski definition) is 4. The van der Waals surface area contributed by atoms with E-state index in [4.69, 9.17) is 5.11 Å². The highest BCUT2D eigenvalue weighted by molar-refractivity contribution is 5.65. The molecular formula is C5H8O5. The zero-order chi connectivity index (χ0) is 7.98. The van der Waals surface area contributed by atoms with E-state index in [9.17, 15) is 9.59 Å². The van der Waals surface area contributed by atoms with Crippen molar-refractivity contribution in [1.29, 1.82) is 0 Å². The van der Waals surface area contributed by atoms with Crippen LogP contribution in [-0.2, 0) is 14.3 Å². The number of carboxylic acid groups (broad SMARTS) is 1. The molecule has 0 amide bonds. The number of hydrogen-bond donors (Lipinski definition) is 1. The Balaban J connectivity index is 3.06. The summed E-state index contributed by atoms with van der Waals surface area (Å²) >= 11 is 0. The summed E-state index contributed by atoms with van der Waals surface area (Å²) in [5.41, 5.74) is 0. The minimum absolute atomic E-state index is 0.0262. The standard InChI is InChI=1S/C5H8O5/c1-4(6)9-2-3-10-5(7)8/h2-3H2,1H3,(H,7,8). The van der Waals surface area contributed by atoms with Gasteiger partial charge in [-0.05, 0) is 0 Å². The first kappa shape index (κ1) is 8.74. The lowest BCUT2D eigenvalue weighted by Crippen LogP contribution is -2.10. The lowest BCUT2D eigenvalue weighted by atomic mass is 10.7. The average molecular weight is 148 g/mol. The smallest absolute Gasteiger partial charge is 0.462 e. The van der Waals surface area contributed by atoms with Crippen LogP contribution in [0.5, 0.6) is 0 Å². The van der Waals surface area contributed by atoms with Crippen molar-refractivity contribution in [2.24, 2.45) is 0 Å². The van der Waals surface area contributed by atoms with E-state index in [0.29, 0.717) is 0 Å². The predicted octanol–water partition coefficient (Wildman–Crippen LogP) is 0.244. The Kier molecular flexibility index (Phi) is 4.02. The van der Waals surface area contributed by atoms with Crippen LogP contribution in [0.15, 0.2) is 0 Å². The van der Waals surface area contributed by atoms with Crippen LogP contribution in [0.1, 0.15) is 6.92 Å². The molecule has 0 radical (unpaired) electrons. The Hall–Kier alpha value is -1.26. The quantitative estimate of drug-likeness (QED) is 0.458. The van der Waals surface area contributed by atoms with Crippen molar-refractivity contribution in [3.8, 4) is 0 Å². The van der Waals surface area contributed by atoms with Crippen molar-refractivity contribution in [2.75, 3.05) is 13.2 Å². The molecule has 10 heavy (non-hydrogen) atoms. The molecule has 0 bridgehead atoms. The van der Waals surface area contributed by atoms with Gasteiger partial charge in [0.15, 0.2) is 0 Å². The number of rotatable bonds is 3. The highest BCUT2D eigenvalue weighted by Gasteiger charge is 1.96. The largest absolute Gasteiger partial charge is 0.505 e. The highest BCUT2D eigenvalue weighted by atomic mass is 16.7. The topological polar surface area (TPSA) is 72.8 Å². The van der Waals surface area contributed by atoms with Crippen molar-refractivity contribution >= 4 is 12.1 Å². The van der Waals surface area contributed by atoms with Crippen LogP contribution in [0.25, 0.3) is 0 Å². The molecule has 5 nitrogen and oxygen atoms in total. The summed E-state index contributed by atoms with van der Waals surface area (Å²) in [4.78, 5) is 19.7. The molecule has 58 valence electrons. The molecule has 0 spiro atoms. The van der Waals surface area contributed by atoms with Crippen LogP contribution in [0.3, 0.4) is 0 Å². The highest BCUT2D eigenvalue weighted by Crippen LogP contribution is 1.79. The second-order valence-corrected chi connectivity index (χ2v) is 1.45. The maximum Gasteiger partial charge on any atom is 0.505 e. The van der Waals surface area contributed by atoms with Gasteiger partial charge in [0.1, 0.15) is 13.2 Å². The number of ether oxygens (including phenoxy) is 2. The van der Waals surface area contributed by atoms with Crippen LogP contribution in [-0.4, -0.2) is 30.4 Å². The minimum atomic E-state index is -1.37. The van der Waals surface area contributed by atoms with Gasteiger partial charge in [0.2, 0.25) is 0 Å². The summed E-state index contributed by atoms with van der Waals surface area (Å²) in [6.07, 6.45) is -1.37. The third kappa shape index (κ3) is 6.74. The number of esters is 1. The SMILES string of the molecule is CC(=O)OCCOC(=O)O. The van der Waals surface area contributed by atoms with Crippen molar-refractivity contribution < 1.29 is 24.2 Å². The molecule has 0 saturated carbocycles. The van der Waals surface area contributed by atoms with E-state index in [-0.39, 0.29) is 13.2 Å². The Morgan fingerprint density at radius 3 is 2.20 bits per heavy atom. The van der Waals surface area contributed by atoms with Crippen molar-refractivity contribution in [1.82, 2.24) is 0 Å². The summed E-state index contributed by atoms with van der Waals surface area (Å²) in [6.45, 7) is 1.09. The molecule has 0 heterocycles. The Morgan fingerprint density at radius 1 is 1.30 bits per heavy atom. The van der Waals surface area contributed by atoms with E-state index in [1.165, 1.54) is 6.92 Å². The molecule has 0 rings (SSSR count). The first-order chi connectivity index (χ1) is 4.63. The first-order valence-corrected chi connectivity index (χ1v) is 2.62. The molecule has 0 saturated heterocycles. The molecular weight excluding hydrogens is 140 g/mol. The van der Waals surface area contributed by atoms with Crippen LogP contribution >= 0.6 is 0 Å². The van der Waals surface area contributed by atoms with E-state index in [1.807, 2.05) is 0 Å². The van der Waals surface area contributed by atoms with Crippen molar-refractivity contribution in [3.05, 3.63) is 0 Å². The number of carbonyl (C=O) groups is 2. The number of carbonyl (C=O) groups excluding carboxylic acids is 1. The first-order valence-electron chi connectivity index (χ1n) is 2.62. The van der Waals surface area contributed by atoms with Crippen LogP contribution < -0.4 is 0 Å². The molecule has 0 atom stereocenters. The van der Waals surface area contributed by atoms with E-state index in [2.05, 4.69) is 9.47 Å². The summed E-state index contributed by atoms with van der Waals surface area (Å²) in [6, 6.07) is 0. The van der Waals surface area contributed by atoms with E-state index < -0.39 is 12.1 Å². The molecule has 0 aromatic carbocycles. The second-order valence-electron chi connectivity index (χ2n) is 1.45. The van der Waals surface area contributed by atoms with Gasteiger partial charge < -0.3 is 14.6 Å².